The number of rotatable bonds is 21. The van der Waals surface area contributed by atoms with Gasteiger partial charge in [-0.3, -0.25) is 19.3 Å². The van der Waals surface area contributed by atoms with E-state index in [0.717, 1.165) is 44.1 Å². The number of amides is 3. The standard InChI is InChI=1S/C36H53Cl2N5O7/c1-25-15-17-40-30(20-25)43(35(47)50-36(2,3)4)18-12-10-14-31(44)41-24-32(45)42-29(23-33(46)48-5)26-21-27(37)34(28(38)22-26)49-19-13-9-7-6-8-11-16-39/h15,17,20-22,29H,6-14,16,18-19,23-24,39H2,1-5H3,(H,41,44)(H,42,45). The lowest BCUT2D eigenvalue weighted by molar-refractivity contribution is -0.141. The Bertz CT molecular complexity index is 1380. The molecule has 2 aromatic rings. The van der Waals surface area contributed by atoms with Crippen molar-refractivity contribution in [2.75, 3.05) is 38.3 Å². The number of nitrogens with two attached hydrogens (primary N) is 1. The van der Waals surface area contributed by atoms with Crippen molar-refractivity contribution in [1.29, 1.82) is 0 Å². The van der Waals surface area contributed by atoms with Crippen molar-refractivity contribution in [2.24, 2.45) is 5.73 Å². The Labute approximate surface area is 306 Å². The molecule has 1 unspecified atom stereocenters. The number of unbranched alkanes of at least 4 members (excludes halogenated alkanes) is 6. The van der Waals surface area contributed by atoms with Gasteiger partial charge in [-0.15, -0.1) is 0 Å². The number of carbonyl (C=O) groups excluding carboxylic acids is 4. The molecule has 278 valence electrons. The van der Waals surface area contributed by atoms with Crippen LogP contribution in [0.5, 0.6) is 5.75 Å². The van der Waals surface area contributed by atoms with Gasteiger partial charge < -0.3 is 30.6 Å². The van der Waals surface area contributed by atoms with Gasteiger partial charge in [-0.05, 0) is 95.3 Å². The largest absolute Gasteiger partial charge is 0.490 e. The number of halogens is 2. The third-order valence-electron chi connectivity index (χ3n) is 7.47. The predicted octanol–water partition coefficient (Wildman–Crippen LogP) is 6.82. The first kappa shape index (κ1) is 42.6. The summed E-state index contributed by atoms with van der Waals surface area (Å²) in [4.78, 5) is 56.3. The van der Waals surface area contributed by atoms with Crippen molar-refractivity contribution in [3.63, 3.8) is 0 Å². The molecule has 1 aromatic heterocycles. The Kier molecular flexibility index (Phi) is 18.9. The highest BCUT2D eigenvalue weighted by Gasteiger charge is 2.25. The van der Waals surface area contributed by atoms with Crippen LogP contribution in [0, 0.1) is 6.92 Å². The van der Waals surface area contributed by atoms with Crippen LogP contribution < -0.4 is 26.0 Å². The SMILES string of the molecule is COC(=O)CC(NC(=O)CNC(=O)CCCCN(C(=O)OC(C)(C)C)c1cc(C)ccn1)c1cc(Cl)c(OCCCCCCCCN)c(Cl)c1. The van der Waals surface area contributed by atoms with Crippen LogP contribution >= 0.6 is 23.2 Å². The lowest BCUT2D eigenvalue weighted by Gasteiger charge is -2.27. The van der Waals surface area contributed by atoms with Gasteiger partial charge in [0.05, 0.1) is 42.8 Å². The van der Waals surface area contributed by atoms with Crippen molar-refractivity contribution in [2.45, 2.75) is 104 Å². The zero-order chi connectivity index (χ0) is 37.1. The topological polar surface area (TPSA) is 162 Å². The van der Waals surface area contributed by atoms with E-state index in [1.54, 1.807) is 45.2 Å². The van der Waals surface area contributed by atoms with Crippen LogP contribution in [0.1, 0.15) is 102 Å². The van der Waals surface area contributed by atoms with Crippen LogP contribution in [0.2, 0.25) is 10.0 Å². The summed E-state index contributed by atoms with van der Waals surface area (Å²) in [5.74, 6) is -0.621. The number of nitrogens with zero attached hydrogens (tertiary/aromatic N) is 2. The average Bonchev–Trinajstić information content (AvgIpc) is 3.04. The molecular formula is C36H53Cl2N5O7. The van der Waals surface area contributed by atoms with E-state index in [2.05, 4.69) is 15.6 Å². The normalized spacial score (nSPS) is 11.8. The Morgan fingerprint density at radius 2 is 1.60 bits per heavy atom. The van der Waals surface area contributed by atoms with Crippen LogP contribution in [-0.2, 0) is 23.9 Å². The lowest BCUT2D eigenvalue weighted by Crippen LogP contribution is -2.39. The summed E-state index contributed by atoms with van der Waals surface area (Å²) in [6.07, 6.45) is 8.23. The second-order valence-corrected chi connectivity index (χ2v) is 13.8. The van der Waals surface area contributed by atoms with Gasteiger partial charge in [-0.25, -0.2) is 9.78 Å². The summed E-state index contributed by atoms with van der Waals surface area (Å²) in [6.45, 7) is 8.41. The van der Waals surface area contributed by atoms with E-state index in [4.69, 9.17) is 43.1 Å². The number of ether oxygens (including phenoxy) is 3. The third-order valence-corrected chi connectivity index (χ3v) is 8.04. The molecule has 14 heteroatoms. The molecule has 0 saturated carbocycles. The Morgan fingerprint density at radius 3 is 2.22 bits per heavy atom. The van der Waals surface area contributed by atoms with Crippen molar-refractivity contribution >= 4 is 52.9 Å². The van der Waals surface area contributed by atoms with Crippen molar-refractivity contribution in [3.8, 4) is 5.75 Å². The number of methoxy groups -OCH3 is 1. The average molecular weight is 739 g/mol. The van der Waals surface area contributed by atoms with Gasteiger partial charge in [0, 0.05) is 19.2 Å². The van der Waals surface area contributed by atoms with E-state index in [1.807, 2.05) is 13.0 Å². The molecule has 0 fully saturated rings. The van der Waals surface area contributed by atoms with Crippen LogP contribution in [0.3, 0.4) is 0 Å². The first-order valence-electron chi connectivity index (χ1n) is 17.1. The van der Waals surface area contributed by atoms with Gasteiger partial charge in [0.2, 0.25) is 11.8 Å². The fourth-order valence-corrected chi connectivity index (χ4v) is 5.51. The number of anilines is 1. The number of benzene rings is 1. The number of hydrogen-bond donors (Lipinski definition) is 3. The number of carbonyl (C=O) groups is 4. The molecule has 0 spiro atoms. The zero-order valence-electron chi connectivity index (χ0n) is 29.9. The smallest absolute Gasteiger partial charge is 0.416 e. The van der Waals surface area contributed by atoms with Gasteiger partial charge >= 0.3 is 12.1 Å². The molecule has 0 saturated heterocycles. The third kappa shape index (κ3) is 16.4. The second-order valence-electron chi connectivity index (χ2n) is 13.0. The van der Waals surface area contributed by atoms with Crippen LogP contribution in [0.4, 0.5) is 10.6 Å². The van der Waals surface area contributed by atoms with E-state index < -0.39 is 29.6 Å². The molecule has 1 heterocycles. The molecule has 0 radical (unpaired) electrons. The van der Waals surface area contributed by atoms with Gasteiger partial charge in [0.15, 0.2) is 5.75 Å². The monoisotopic (exact) mass is 737 g/mol. The molecule has 12 nitrogen and oxygen atoms in total. The molecule has 3 amide bonds. The van der Waals surface area contributed by atoms with E-state index in [9.17, 15) is 19.2 Å². The zero-order valence-corrected chi connectivity index (χ0v) is 31.5. The maximum Gasteiger partial charge on any atom is 0.416 e. The number of esters is 1. The summed E-state index contributed by atoms with van der Waals surface area (Å²) in [6, 6.07) is 5.99. The number of aryl methyl sites for hydroxylation is 1. The van der Waals surface area contributed by atoms with E-state index in [1.165, 1.54) is 12.0 Å². The first-order valence-corrected chi connectivity index (χ1v) is 17.9. The van der Waals surface area contributed by atoms with Gasteiger partial charge in [-0.1, -0.05) is 48.9 Å². The fraction of sp³-hybridized carbons (Fsp3) is 0.583. The molecular weight excluding hydrogens is 685 g/mol. The van der Waals surface area contributed by atoms with E-state index in [0.29, 0.717) is 49.7 Å². The molecule has 50 heavy (non-hydrogen) atoms. The van der Waals surface area contributed by atoms with E-state index >= 15 is 0 Å². The number of hydrogen-bond acceptors (Lipinski definition) is 9. The van der Waals surface area contributed by atoms with Gasteiger partial charge in [-0.2, -0.15) is 0 Å². The molecule has 1 atom stereocenters. The summed E-state index contributed by atoms with van der Waals surface area (Å²) >= 11 is 13.0. The predicted molar refractivity (Wildman–Crippen MR) is 196 cm³/mol. The summed E-state index contributed by atoms with van der Waals surface area (Å²) in [5.41, 5.74) is 6.28. The highest BCUT2D eigenvalue weighted by atomic mass is 35.5. The minimum atomic E-state index is -0.821. The molecule has 1 aromatic carbocycles. The van der Waals surface area contributed by atoms with Gasteiger partial charge in [0.1, 0.15) is 11.4 Å². The van der Waals surface area contributed by atoms with Crippen molar-refractivity contribution in [1.82, 2.24) is 15.6 Å². The highest BCUT2D eigenvalue weighted by molar-refractivity contribution is 6.37. The molecule has 0 aliphatic carbocycles. The van der Waals surface area contributed by atoms with Crippen molar-refractivity contribution < 1.29 is 33.4 Å². The minimum absolute atomic E-state index is 0.128. The first-order chi connectivity index (χ1) is 23.7. The quantitative estimate of drug-likeness (QED) is 0.0922. The van der Waals surface area contributed by atoms with Crippen molar-refractivity contribution in [3.05, 3.63) is 51.6 Å². The second kappa shape index (κ2) is 22.3. The Balaban J connectivity index is 1.91. The minimum Gasteiger partial charge on any atom is -0.490 e. The molecule has 4 N–H and O–H groups in total. The summed E-state index contributed by atoms with van der Waals surface area (Å²) in [5, 5.41) is 5.86. The highest BCUT2D eigenvalue weighted by Crippen LogP contribution is 2.37. The Morgan fingerprint density at radius 1 is 0.940 bits per heavy atom. The van der Waals surface area contributed by atoms with Crippen LogP contribution in [0.25, 0.3) is 0 Å². The van der Waals surface area contributed by atoms with E-state index in [-0.39, 0.29) is 35.3 Å². The fourth-order valence-electron chi connectivity index (χ4n) is 4.90. The van der Waals surface area contributed by atoms with Gasteiger partial charge in [0.25, 0.3) is 0 Å². The number of aromatic nitrogens is 1. The molecule has 0 bridgehead atoms. The van der Waals surface area contributed by atoms with Crippen LogP contribution in [0.15, 0.2) is 30.5 Å². The summed E-state index contributed by atoms with van der Waals surface area (Å²) < 4.78 is 16.2. The van der Waals surface area contributed by atoms with Crippen LogP contribution in [-0.4, -0.2) is 67.8 Å². The summed E-state index contributed by atoms with van der Waals surface area (Å²) in [7, 11) is 1.25. The molecule has 0 aliphatic heterocycles. The maximum atomic E-state index is 12.9. The number of pyridine rings is 1. The number of nitrogens with one attached hydrogen (secondary N) is 2. The molecule has 0 aliphatic rings. The maximum absolute atomic E-state index is 12.9. The lowest BCUT2D eigenvalue weighted by atomic mass is 10.0. The molecule has 2 rings (SSSR count). The Hall–Kier alpha value is -3.61.